The number of thiophene rings is 1. The number of benzene rings is 1. The Morgan fingerprint density at radius 2 is 1.93 bits per heavy atom. The molecule has 0 N–H and O–H groups in total. The number of para-hydroxylation sites is 1. The van der Waals surface area contributed by atoms with E-state index in [1.807, 2.05) is 23.4 Å². The Bertz CT molecular complexity index is 1190. The zero-order valence-corrected chi connectivity index (χ0v) is 16.6. The van der Waals surface area contributed by atoms with Gasteiger partial charge in [0.15, 0.2) is 5.82 Å². The van der Waals surface area contributed by atoms with Gasteiger partial charge in [-0.15, -0.1) is 16.4 Å². The molecule has 29 heavy (non-hydrogen) atoms. The second-order valence-corrected chi connectivity index (χ2v) is 7.94. The van der Waals surface area contributed by atoms with E-state index in [1.54, 1.807) is 51.3 Å². The van der Waals surface area contributed by atoms with Crippen LogP contribution in [0.3, 0.4) is 0 Å². The summed E-state index contributed by atoms with van der Waals surface area (Å²) in [5.74, 6) is 0.479. The summed E-state index contributed by atoms with van der Waals surface area (Å²) in [7, 11) is 1.85. The van der Waals surface area contributed by atoms with Crippen molar-refractivity contribution in [2.45, 2.75) is 0 Å². The smallest absolute Gasteiger partial charge is 0.274 e. The first-order valence-corrected chi connectivity index (χ1v) is 10.2. The van der Waals surface area contributed by atoms with Gasteiger partial charge in [0, 0.05) is 39.4 Å². The summed E-state index contributed by atoms with van der Waals surface area (Å²) < 4.78 is 18.8. The summed E-state index contributed by atoms with van der Waals surface area (Å²) in [5.41, 5.74) is 1.79. The Kier molecular flexibility index (Phi) is 4.31. The van der Waals surface area contributed by atoms with Crippen molar-refractivity contribution < 1.29 is 9.18 Å². The maximum absolute atomic E-state index is 14.3. The highest BCUT2D eigenvalue weighted by Crippen LogP contribution is 2.33. The molecule has 1 saturated heterocycles. The fourth-order valence-corrected chi connectivity index (χ4v) is 4.53. The van der Waals surface area contributed by atoms with Crippen molar-refractivity contribution in [3.63, 3.8) is 0 Å². The molecule has 0 bridgehead atoms. The van der Waals surface area contributed by atoms with E-state index >= 15 is 0 Å². The average Bonchev–Trinajstić information content (AvgIpc) is 3.45. The van der Waals surface area contributed by atoms with E-state index in [4.69, 9.17) is 5.10 Å². The van der Waals surface area contributed by atoms with Crippen LogP contribution in [0.15, 0.2) is 48.2 Å². The number of carbonyl (C=O) groups is 1. The Balaban J connectivity index is 1.40. The van der Waals surface area contributed by atoms with E-state index < -0.39 is 0 Å². The first kappa shape index (κ1) is 17.9. The fourth-order valence-electron chi connectivity index (χ4n) is 3.65. The summed E-state index contributed by atoms with van der Waals surface area (Å²) in [6, 6.07) is 8.61. The van der Waals surface area contributed by atoms with Gasteiger partial charge in [0.1, 0.15) is 17.2 Å². The van der Waals surface area contributed by atoms with E-state index in [9.17, 15) is 9.18 Å². The van der Waals surface area contributed by atoms with Crippen LogP contribution in [0.1, 0.15) is 10.5 Å². The van der Waals surface area contributed by atoms with Crippen LogP contribution in [0.25, 0.3) is 15.9 Å². The van der Waals surface area contributed by atoms with E-state index in [0.29, 0.717) is 37.6 Å². The third kappa shape index (κ3) is 3.07. The van der Waals surface area contributed by atoms with E-state index in [1.165, 1.54) is 6.07 Å². The highest BCUT2D eigenvalue weighted by Gasteiger charge is 2.27. The second-order valence-electron chi connectivity index (χ2n) is 7.03. The molecule has 0 saturated carbocycles. The highest BCUT2D eigenvalue weighted by atomic mass is 32.1. The lowest BCUT2D eigenvalue weighted by Crippen LogP contribution is -2.49. The molecule has 7 nitrogen and oxygen atoms in total. The number of piperazine rings is 1. The summed E-state index contributed by atoms with van der Waals surface area (Å²) in [4.78, 5) is 20.8. The maximum Gasteiger partial charge on any atom is 0.274 e. The average molecular weight is 410 g/mol. The van der Waals surface area contributed by atoms with Crippen molar-refractivity contribution >= 4 is 33.3 Å². The number of aryl methyl sites for hydroxylation is 1. The monoisotopic (exact) mass is 410 g/mol. The molecule has 4 aromatic rings. The second kappa shape index (κ2) is 7.00. The molecule has 148 valence electrons. The molecular formula is C20H19FN6OS. The van der Waals surface area contributed by atoms with Crippen molar-refractivity contribution in [1.82, 2.24) is 24.2 Å². The van der Waals surface area contributed by atoms with Crippen LogP contribution >= 0.6 is 11.3 Å². The molecule has 1 aromatic carbocycles. The maximum atomic E-state index is 14.3. The van der Waals surface area contributed by atoms with Crippen LogP contribution in [0.5, 0.6) is 0 Å². The van der Waals surface area contributed by atoms with Gasteiger partial charge in [-0.25, -0.2) is 14.1 Å². The Hall–Kier alpha value is -3.20. The van der Waals surface area contributed by atoms with Crippen LogP contribution in [0.2, 0.25) is 0 Å². The number of rotatable bonds is 3. The van der Waals surface area contributed by atoms with Gasteiger partial charge >= 0.3 is 0 Å². The number of nitrogens with zero attached hydrogens (tertiary/aromatic N) is 6. The number of amides is 1. The van der Waals surface area contributed by atoms with Crippen LogP contribution in [0, 0.1) is 5.82 Å². The molecule has 1 aliphatic heterocycles. The molecule has 9 heteroatoms. The van der Waals surface area contributed by atoms with Crippen LogP contribution in [-0.4, -0.2) is 56.3 Å². The molecule has 1 amide bonds. The molecular weight excluding hydrogens is 391 g/mol. The van der Waals surface area contributed by atoms with Crippen molar-refractivity contribution in [1.29, 1.82) is 0 Å². The number of imidazole rings is 1. The van der Waals surface area contributed by atoms with Crippen LogP contribution in [0.4, 0.5) is 10.2 Å². The molecule has 0 unspecified atom stereocenters. The minimum absolute atomic E-state index is 0.0524. The Labute approximate surface area is 170 Å². The Morgan fingerprint density at radius 3 is 2.66 bits per heavy atom. The number of hydrogen-bond acceptors (Lipinski definition) is 5. The van der Waals surface area contributed by atoms with E-state index in [2.05, 4.69) is 9.88 Å². The minimum Gasteiger partial charge on any atom is -0.350 e. The molecule has 0 spiro atoms. The first-order chi connectivity index (χ1) is 14.1. The van der Waals surface area contributed by atoms with Gasteiger partial charge in [-0.3, -0.25) is 4.79 Å². The number of carbonyl (C=O) groups excluding carboxylic acids is 1. The van der Waals surface area contributed by atoms with Gasteiger partial charge in [-0.05, 0) is 23.6 Å². The van der Waals surface area contributed by atoms with Gasteiger partial charge < -0.3 is 14.4 Å². The number of anilines is 1. The summed E-state index contributed by atoms with van der Waals surface area (Å²) in [6.45, 7) is 2.52. The lowest BCUT2D eigenvalue weighted by Gasteiger charge is -2.34. The summed E-state index contributed by atoms with van der Waals surface area (Å²) in [5, 5.41) is 6.72. The molecule has 0 atom stereocenters. The van der Waals surface area contributed by atoms with E-state index in [-0.39, 0.29) is 11.7 Å². The lowest BCUT2D eigenvalue weighted by atomic mass is 10.3. The molecule has 1 fully saturated rings. The molecule has 4 heterocycles. The van der Waals surface area contributed by atoms with Gasteiger partial charge in [0.05, 0.1) is 16.5 Å². The zero-order valence-electron chi connectivity index (χ0n) is 15.8. The Morgan fingerprint density at radius 1 is 1.14 bits per heavy atom. The van der Waals surface area contributed by atoms with Gasteiger partial charge in [-0.1, -0.05) is 12.1 Å². The molecule has 3 aromatic heterocycles. The largest absolute Gasteiger partial charge is 0.350 e. The van der Waals surface area contributed by atoms with Crippen molar-refractivity contribution in [3.8, 4) is 5.69 Å². The summed E-state index contributed by atoms with van der Waals surface area (Å²) in [6.07, 6.45) is 3.37. The third-order valence-electron chi connectivity index (χ3n) is 5.14. The van der Waals surface area contributed by atoms with Crippen molar-refractivity contribution in [3.05, 3.63) is 59.7 Å². The zero-order chi connectivity index (χ0) is 20.0. The lowest BCUT2D eigenvalue weighted by molar-refractivity contribution is 0.0741. The normalized spacial score (nSPS) is 14.7. The number of halogens is 1. The standard InChI is InChI=1S/C20H19FN6OS/c1-24-12-15(22-13-24)20(28)26-9-7-25(8-10-26)19-18-17(6-11-29-18)27(23-19)16-5-3-2-4-14(16)21/h2-6,11-13H,7-10H2,1H3. The topological polar surface area (TPSA) is 59.2 Å². The minimum atomic E-state index is -0.305. The SMILES string of the molecule is Cn1cnc(C(=O)N2CCN(c3nn(-c4ccccc4F)c4ccsc34)CC2)c1. The summed E-state index contributed by atoms with van der Waals surface area (Å²) >= 11 is 1.59. The number of hydrogen-bond donors (Lipinski definition) is 0. The molecule has 5 rings (SSSR count). The fraction of sp³-hybridized carbons (Fsp3) is 0.250. The van der Waals surface area contributed by atoms with Gasteiger partial charge in [0.25, 0.3) is 5.91 Å². The van der Waals surface area contributed by atoms with Crippen LogP contribution in [-0.2, 0) is 7.05 Å². The quantitative estimate of drug-likeness (QED) is 0.521. The highest BCUT2D eigenvalue weighted by molar-refractivity contribution is 7.17. The number of fused-ring (bicyclic) bond motifs is 1. The molecule has 0 radical (unpaired) electrons. The predicted molar refractivity (Wildman–Crippen MR) is 110 cm³/mol. The van der Waals surface area contributed by atoms with Gasteiger partial charge in [-0.2, -0.15) is 0 Å². The van der Waals surface area contributed by atoms with Crippen LogP contribution < -0.4 is 4.90 Å². The third-order valence-corrected chi connectivity index (χ3v) is 6.04. The van der Waals surface area contributed by atoms with E-state index in [0.717, 1.165) is 16.0 Å². The molecule has 0 aliphatic carbocycles. The number of aromatic nitrogens is 4. The molecule has 1 aliphatic rings. The first-order valence-electron chi connectivity index (χ1n) is 9.35. The van der Waals surface area contributed by atoms with Crippen molar-refractivity contribution in [2.24, 2.45) is 7.05 Å². The predicted octanol–water partition coefficient (Wildman–Crippen LogP) is 2.92. The van der Waals surface area contributed by atoms with Gasteiger partial charge in [0.2, 0.25) is 0 Å². The van der Waals surface area contributed by atoms with Crippen molar-refractivity contribution in [2.75, 3.05) is 31.1 Å².